The van der Waals surface area contributed by atoms with Gasteiger partial charge in [0.2, 0.25) is 0 Å². The molecule has 0 N–H and O–H groups in total. The first-order valence-electron chi connectivity index (χ1n) is 5.30. The normalized spacial score (nSPS) is 9.88. The summed E-state index contributed by atoms with van der Waals surface area (Å²) in [4.78, 5) is 12.6. The summed E-state index contributed by atoms with van der Waals surface area (Å²) in [5.41, 5.74) is 1.60. The van der Waals surface area contributed by atoms with E-state index < -0.39 is 0 Å². The van der Waals surface area contributed by atoms with Crippen molar-refractivity contribution in [3.63, 3.8) is 0 Å². The Hall–Kier alpha value is -1.84. The van der Waals surface area contributed by atoms with Gasteiger partial charge in [-0.3, -0.25) is 10.1 Å². The third-order valence-corrected chi connectivity index (χ3v) is 2.54. The Bertz CT molecular complexity index is 398. The van der Waals surface area contributed by atoms with Gasteiger partial charge in [-0.15, -0.1) is 0 Å². The Kier molecular flexibility index (Phi) is 4.05. The molecule has 4 nitrogen and oxygen atoms in total. The highest BCUT2D eigenvalue weighted by Gasteiger charge is 2.19. The van der Waals surface area contributed by atoms with E-state index in [9.17, 15) is 10.1 Å². The smallest absolute Gasteiger partial charge is 0.293 e. The van der Waals surface area contributed by atoms with Crippen LogP contribution in [0.4, 0.5) is 11.4 Å². The molecule has 0 aliphatic heterocycles. The molecule has 0 saturated heterocycles. The van der Waals surface area contributed by atoms with Crippen LogP contribution in [-0.4, -0.2) is 18.0 Å². The quantitative estimate of drug-likeness (QED) is 0.566. The zero-order valence-corrected chi connectivity index (χ0v) is 9.64. The largest absolute Gasteiger partial charge is 0.366 e. The van der Waals surface area contributed by atoms with E-state index in [1.165, 1.54) is 6.07 Å². The lowest BCUT2D eigenvalue weighted by molar-refractivity contribution is -0.384. The van der Waals surface area contributed by atoms with E-state index in [0.29, 0.717) is 5.69 Å². The lowest BCUT2D eigenvalue weighted by Gasteiger charge is -2.22. The van der Waals surface area contributed by atoms with Gasteiger partial charge >= 0.3 is 0 Å². The predicted octanol–water partition coefficient (Wildman–Crippen LogP) is 3.08. The first-order valence-corrected chi connectivity index (χ1v) is 5.30. The van der Waals surface area contributed by atoms with E-state index in [1.54, 1.807) is 12.1 Å². The second-order valence-electron chi connectivity index (χ2n) is 3.35. The molecular weight excluding hydrogens is 204 g/mol. The molecule has 16 heavy (non-hydrogen) atoms. The van der Waals surface area contributed by atoms with Crippen LogP contribution in [0.15, 0.2) is 24.8 Å². The van der Waals surface area contributed by atoms with E-state index >= 15 is 0 Å². The number of anilines is 1. The summed E-state index contributed by atoms with van der Waals surface area (Å²) in [6, 6.07) is 5.05. The summed E-state index contributed by atoms with van der Waals surface area (Å²) in [5, 5.41) is 11.0. The molecule has 86 valence electrons. The maximum Gasteiger partial charge on any atom is 0.293 e. The van der Waals surface area contributed by atoms with E-state index in [2.05, 4.69) is 6.58 Å². The minimum absolute atomic E-state index is 0.140. The molecular formula is C12H16N2O2. The molecule has 4 heteroatoms. The number of para-hydroxylation sites is 1. The number of rotatable bonds is 5. The molecule has 0 atom stereocenters. The maximum atomic E-state index is 11.0. The van der Waals surface area contributed by atoms with Crippen molar-refractivity contribution in [2.75, 3.05) is 18.0 Å². The molecule has 1 aromatic carbocycles. The molecule has 0 bridgehead atoms. The number of benzene rings is 1. The SMILES string of the molecule is C=Cc1cccc([N+](=O)[O-])c1N(CC)CC. The summed E-state index contributed by atoms with van der Waals surface area (Å²) >= 11 is 0. The van der Waals surface area contributed by atoms with Crippen molar-refractivity contribution >= 4 is 17.5 Å². The summed E-state index contributed by atoms with van der Waals surface area (Å²) < 4.78 is 0. The zero-order chi connectivity index (χ0) is 12.1. The van der Waals surface area contributed by atoms with E-state index in [1.807, 2.05) is 24.8 Å². The van der Waals surface area contributed by atoms with E-state index in [-0.39, 0.29) is 10.6 Å². The molecule has 0 heterocycles. The fourth-order valence-electron chi connectivity index (χ4n) is 1.75. The third-order valence-electron chi connectivity index (χ3n) is 2.54. The molecule has 0 aliphatic carbocycles. The molecule has 0 amide bonds. The van der Waals surface area contributed by atoms with Crippen LogP contribution in [-0.2, 0) is 0 Å². The fourth-order valence-corrected chi connectivity index (χ4v) is 1.75. The van der Waals surface area contributed by atoms with Gasteiger partial charge in [0.25, 0.3) is 5.69 Å². The minimum atomic E-state index is -0.347. The maximum absolute atomic E-state index is 11.0. The summed E-state index contributed by atoms with van der Waals surface area (Å²) in [6.45, 7) is 9.13. The summed E-state index contributed by atoms with van der Waals surface area (Å²) in [7, 11) is 0. The van der Waals surface area contributed by atoms with Gasteiger partial charge in [-0.2, -0.15) is 0 Å². The van der Waals surface area contributed by atoms with Crippen LogP contribution in [0.25, 0.3) is 6.08 Å². The summed E-state index contributed by atoms with van der Waals surface area (Å²) in [6.07, 6.45) is 1.65. The molecule has 0 unspecified atom stereocenters. The predicted molar refractivity (Wildman–Crippen MR) is 66.7 cm³/mol. The van der Waals surface area contributed by atoms with Gasteiger partial charge in [0.05, 0.1) is 4.92 Å². The monoisotopic (exact) mass is 220 g/mol. The standard InChI is InChI=1S/C12H16N2O2/c1-4-10-8-7-9-11(14(15)16)12(10)13(5-2)6-3/h4,7-9H,1,5-6H2,2-3H3. The molecule has 0 aliphatic rings. The second-order valence-corrected chi connectivity index (χ2v) is 3.35. The fraction of sp³-hybridized carbons (Fsp3) is 0.333. The molecule has 0 aromatic heterocycles. The van der Waals surface area contributed by atoms with Gasteiger partial charge in [-0.1, -0.05) is 24.8 Å². The Labute approximate surface area is 95.3 Å². The number of hydrogen-bond acceptors (Lipinski definition) is 3. The van der Waals surface area contributed by atoms with Crippen molar-refractivity contribution in [2.45, 2.75) is 13.8 Å². The number of hydrogen-bond donors (Lipinski definition) is 0. The van der Waals surface area contributed by atoms with Crippen molar-refractivity contribution in [2.24, 2.45) is 0 Å². The Morgan fingerprint density at radius 1 is 1.44 bits per heavy atom. The van der Waals surface area contributed by atoms with Gasteiger partial charge in [-0.25, -0.2) is 0 Å². The van der Waals surface area contributed by atoms with Crippen molar-refractivity contribution in [3.8, 4) is 0 Å². The lowest BCUT2D eigenvalue weighted by atomic mass is 10.1. The molecule has 0 saturated carbocycles. The highest BCUT2D eigenvalue weighted by molar-refractivity contribution is 5.76. The Morgan fingerprint density at radius 2 is 2.06 bits per heavy atom. The van der Waals surface area contributed by atoms with Crippen LogP contribution in [0.3, 0.4) is 0 Å². The zero-order valence-electron chi connectivity index (χ0n) is 9.64. The lowest BCUT2D eigenvalue weighted by Crippen LogP contribution is -2.23. The van der Waals surface area contributed by atoms with Gasteiger partial charge in [-0.05, 0) is 13.8 Å². The molecule has 1 rings (SSSR count). The van der Waals surface area contributed by atoms with Crippen LogP contribution in [0.2, 0.25) is 0 Å². The van der Waals surface area contributed by atoms with Gasteiger partial charge in [0.1, 0.15) is 5.69 Å². The number of nitro groups is 1. The molecule has 0 radical (unpaired) electrons. The molecule has 0 spiro atoms. The number of nitro benzene ring substituents is 1. The van der Waals surface area contributed by atoms with Crippen LogP contribution < -0.4 is 4.90 Å². The second kappa shape index (κ2) is 5.30. The third kappa shape index (κ3) is 2.21. The molecule has 1 aromatic rings. The highest BCUT2D eigenvalue weighted by Crippen LogP contribution is 2.32. The minimum Gasteiger partial charge on any atom is -0.366 e. The van der Waals surface area contributed by atoms with E-state index in [0.717, 1.165) is 18.7 Å². The average molecular weight is 220 g/mol. The topological polar surface area (TPSA) is 46.4 Å². The Balaban J connectivity index is 3.40. The highest BCUT2D eigenvalue weighted by atomic mass is 16.6. The first kappa shape index (κ1) is 12.2. The van der Waals surface area contributed by atoms with Crippen molar-refractivity contribution in [1.29, 1.82) is 0 Å². The number of nitrogens with zero attached hydrogens (tertiary/aromatic N) is 2. The first-order chi connectivity index (χ1) is 7.65. The summed E-state index contributed by atoms with van der Waals surface area (Å²) in [5.74, 6) is 0. The van der Waals surface area contributed by atoms with Crippen molar-refractivity contribution < 1.29 is 4.92 Å². The van der Waals surface area contributed by atoms with Crippen LogP contribution in [0, 0.1) is 10.1 Å². The average Bonchev–Trinajstić information content (AvgIpc) is 2.30. The van der Waals surface area contributed by atoms with Gasteiger partial charge < -0.3 is 4.90 Å². The van der Waals surface area contributed by atoms with E-state index in [4.69, 9.17) is 0 Å². The van der Waals surface area contributed by atoms with Crippen molar-refractivity contribution in [3.05, 3.63) is 40.5 Å². The van der Waals surface area contributed by atoms with Crippen LogP contribution in [0.5, 0.6) is 0 Å². The van der Waals surface area contributed by atoms with Crippen molar-refractivity contribution in [1.82, 2.24) is 0 Å². The Morgan fingerprint density at radius 3 is 2.50 bits per heavy atom. The van der Waals surface area contributed by atoms with Crippen LogP contribution in [0.1, 0.15) is 19.4 Å². The van der Waals surface area contributed by atoms with Crippen LogP contribution >= 0.6 is 0 Å². The van der Waals surface area contributed by atoms with Gasteiger partial charge in [0.15, 0.2) is 0 Å². The molecule has 0 fully saturated rings. The van der Waals surface area contributed by atoms with Gasteiger partial charge in [0, 0.05) is 24.7 Å².